The molecule has 2 heterocycles. The van der Waals surface area contributed by atoms with E-state index in [-0.39, 0.29) is 18.7 Å². The van der Waals surface area contributed by atoms with Gasteiger partial charge in [-0.05, 0) is 11.5 Å². The Morgan fingerprint density at radius 1 is 1.32 bits per heavy atom. The van der Waals surface area contributed by atoms with Crippen LogP contribution in [0.2, 0.25) is 0 Å². The molecule has 1 atom stereocenters. The lowest BCUT2D eigenvalue weighted by molar-refractivity contribution is -0.144. The summed E-state index contributed by atoms with van der Waals surface area (Å²) in [5.41, 5.74) is 1.04. The van der Waals surface area contributed by atoms with E-state index in [1.807, 2.05) is 12.1 Å². The number of hydrogen-bond acceptors (Lipinski definition) is 5. The van der Waals surface area contributed by atoms with Crippen molar-refractivity contribution < 1.29 is 19.4 Å². The molecule has 1 aromatic carbocycles. The number of carbonyl (C=O) groups excluding carboxylic acids is 1. The highest BCUT2D eigenvalue weighted by Crippen LogP contribution is 2.26. The van der Waals surface area contributed by atoms with Crippen molar-refractivity contribution in [3.63, 3.8) is 0 Å². The van der Waals surface area contributed by atoms with Crippen molar-refractivity contribution >= 4 is 23.2 Å². The first-order valence-corrected chi connectivity index (χ1v) is 8.99. The Bertz CT molecular complexity index is 777. The van der Waals surface area contributed by atoms with Crippen LogP contribution in [0.3, 0.4) is 0 Å². The maximum absolute atomic E-state index is 12.4. The predicted molar refractivity (Wildman–Crippen MR) is 94.9 cm³/mol. The smallest absolute Gasteiger partial charge is 0.331 e. The molecule has 1 fully saturated rings. The Kier molecular flexibility index (Phi) is 4.87. The van der Waals surface area contributed by atoms with Crippen LogP contribution in [0.5, 0.6) is 0 Å². The Morgan fingerprint density at radius 3 is 2.60 bits per heavy atom. The fourth-order valence-electron chi connectivity index (χ4n) is 2.69. The second kappa shape index (κ2) is 6.93. The summed E-state index contributed by atoms with van der Waals surface area (Å²) in [4.78, 5) is 28.3. The zero-order valence-corrected chi connectivity index (χ0v) is 14.9. The molecule has 1 aromatic heterocycles. The van der Waals surface area contributed by atoms with Gasteiger partial charge in [-0.3, -0.25) is 4.79 Å². The van der Waals surface area contributed by atoms with E-state index in [9.17, 15) is 14.7 Å². The van der Waals surface area contributed by atoms with E-state index in [0.29, 0.717) is 12.5 Å². The third-order valence-electron chi connectivity index (χ3n) is 4.34. The average Bonchev–Trinajstić information content (AvgIpc) is 3.25. The number of carboxylic acid groups (broad SMARTS) is 1. The fraction of sp³-hybridized carbons (Fsp3) is 0.389. The first kappa shape index (κ1) is 17.6. The number of carbonyl (C=O) groups is 2. The van der Waals surface area contributed by atoms with Crippen LogP contribution in [0.25, 0.3) is 10.6 Å². The van der Waals surface area contributed by atoms with Gasteiger partial charge in [0, 0.05) is 24.0 Å². The summed E-state index contributed by atoms with van der Waals surface area (Å²) in [7, 11) is 0. The van der Waals surface area contributed by atoms with Crippen molar-refractivity contribution in [3.8, 4) is 10.6 Å². The van der Waals surface area contributed by atoms with E-state index in [1.54, 1.807) is 5.38 Å². The Balaban J connectivity index is 1.76. The standard InChI is InChI=1S/C18H20N2O4S/c1-11(2)12-3-5-13(6-4-12)16-19-14(9-25-16)15(21)20-18(17(22)23)7-8-24-10-18/h3-6,9,11H,7-8,10H2,1-2H3,(H,20,21)(H,22,23). The Labute approximate surface area is 149 Å². The molecule has 25 heavy (non-hydrogen) atoms. The third kappa shape index (κ3) is 3.57. The minimum Gasteiger partial charge on any atom is -0.479 e. The first-order valence-electron chi connectivity index (χ1n) is 8.11. The van der Waals surface area contributed by atoms with E-state index in [0.717, 1.165) is 10.6 Å². The second-order valence-electron chi connectivity index (χ2n) is 6.46. The summed E-state index contributed by atoms with van der Waals surface area (Å²) in [6, 6.07) is 8.08. The molecule has 0 spiro atoms. The van der Waals surface area contributed by atoms with Crippen LogP contribution >= 0.6 is 11.3 Å². The number of ether oxygens (including phenoxy) is 1. The minimum atomic E-state index is -1.36. The van der Waals surface area contributed by atoms with E-state index in [2.05, 4.69) is 36.3 Å². The molecule has 1 amide bonds. The third-order valence-corrected chi connectivity index (χ3v) is 5.24. The Morgan fingerprint density at radius 2 is 2.04 bits per heavy atom. The summed E-state index contributed by atoms with van der Waals surface area (Å²) in [5, 5.41) is 14.4. The number of carboxylic acids is 1. The number of aliphatic carboxylic acids is 1. The quantitative estimate of drug-likeness (QED) is 0.856. The summed E-state index contributed by atoms with van der Waals surface area (Å²) < 4.78 is 5.15. The molecule has 132 valence electrons. The molecular formula is C18H20N2O4S. The molecule has 2 N–H and O–H groups in total. The highest BCUT2D eigenvalue weighted by Gasteiger charge is 2.44. The fourth-order valence-corrected chi connectivity index (χ4v) is 3.49. The SMILES string of the molecule is CC(C)c1ccc(-c2nc(C(=O)NC3(C(=O)O)CCOC3)cs2)cc1. The van der Waals surface area contributed by atoms with Crippen molar-refractivity contribution in [2.75, 3.05) is 13.2 Å². The van der Waals surface area contributed by atoms with Gasteiger partial charge in [0.15, 0.2) is 5.54 Å². The van der Waals surface area contributed by atoms with Gasteiger partial charge in [0.05, 0.1) is 6.61 Å². The lowest BCUT2D eigenvalue weighted by Gasteiger charge is -2.22. The number of amides is 1. The number of aromatic nitrogens is 1. The van der Waals surface area contributed by atoms with E-state index < -0.39 is 17.4 Å². The Hall–Kier alpha value is -2.25. The van der Waals surface area contributed by atoms with Crippen molar-refractivity contribution in [1.29, 1.82) is 0 Å². The molecule has 0 bridgehead atoms. The highest BCUT2D eigenvalue weighted by atomic mass is 32.1. The maximum atomic E-state index is 12.4. The van der Waals surface area contributed by atoms with Crippen molar-refractivity contribution in [2.45, 2.75) is 31.7 Å². The zero-order valence-electron chi connectivity index (χ0n) is 14.1. The normalized spacial score (nSPS) is 20.0. The monoisotopic (exact) mass is 360 g/mol. The van der Waals surface area contributed by atoms with E-state index >= 15 is 0 Å². The topological polar surface area (TPSA) is 88.5 Å². The van der Waals surface area contributed by atoms with Crippen LogP contribution in [0.1, 0.15) is 42.2 Å². The van der Waals surface area contributed by atoms with E-state index in [4.69, 9.17) is 4.74 Å². The molecule has 3 rings (SSSR count). The predicted octanol–water partition coefficient (Wildman–Crippen LogP) is 2.91. The number of benzene rings is 1. The average molecular weight is 360 g/mol. The molecule has 1 unspecified atom stereocenters. The van der Waals surface area contributed by atoms with Gasteiger partial charge in [-0.25, -0.2) is 9.78 Å². The number of thiazole rings is 1. The van der Waals surface area contributed by atoms with Crippen LogP contribution in [0.4, 0.5) is 0 Å². The van der Waals surface area contributed by atoms with Gasteiger partial charge < -0.3 is 15.2 Å². The number of nitrogens with one attached hydrogen (secondary N) is 1. The molecule has 7 heteroatoms. The first-order chi connectivity index (χ1) is 11.9. The summed E-state index contributed by atoms with van der Waals surface area (Å²) in [6.45, 7) is 4.55. The molecule has 1 aliphatic heterocycles. The van der Waals surface area contributed by atoms with E-state index in [1.165, 1.54) is 16.9 Å². The molecule has 2 aromatic rings. The molecule has 6 nitrogen and oxygen atoms in total. The van der Waals surface area contributed by atoms with Crippen LogP contribution in [0, 0.1) is 0 Å². The summed E-state index contributed by atoms with van der Waals surface area (Å²) in [5.74, 6) is -1.13. The lowest BCUT2D eigenvalue weighted by atomic mass is 9.99. The van der Waals surface area contributed by atoms with Crippen LogP contribution in [0.15, 0.2) is 29.6 Å². The van der Waals surface area contributed by atoms with Gasteiger partial charge in [0.25, 0.3) is 5.91 Å². The molecule has 1 saturated heterocycles. The number of hydrogen-bond donors (Lipinski definition) is 2. The maximum Gasteiger partial charge on any atom is 0.331 e. The minimum absolute atomic E-state index is 0.0261. The van der Waals surface area contributed by atoms with Gasteiger partial charge in [0.1, 0.15) is 10.7 Å². The van der Waals surface area contributed by atoms with Gasteiger partial charge >= 0.3 is 5.97 Å². The van der Waals surface area contributed by atoms with Gasteiger partial charge in [0.2, 0.25) is 0 Å². The molecule has 0 radical (unpaired) electrons. The van der Waals surface area contributed by atoms with Crippen LogP contribution in [-0.2, 0) is 9.53 Å². The second-order valence-corrected chi connectivity index (χ2v) is 7.32. The van der Waals surface area contributed by atoms with Gasteiger partial charge in [-0.15, -0.1) is 11.3 Å². The van der Waals surface area contributed by atoms with Crippen molar-refractivity contribution in [2.24, 2.45) is 0 Å². The number of nitrogens with zero attached hydrogens (tertiary/aromatic N) is 1. The van der Waals surface area contributed by atoms with Crippen LogP contribution < -0.4 is 5.32 Å². The summed E-state index contributed by atoms with van der Waals surface area (Å²) in [6.07, 6.45) is 0.252. The van der Waals surface area contributed by atoms with Gasteiger partial charge in [-0.2, -0.15) is 0 Å². The van der Waals surface area contributed by atoms with Gasteiger partial charge in [-0.1, -0.05) is 38.1 Å². The lowest BCUT2D eigenvalue weighted by Crippen LogP contribution is -2.55. The zero-order chi connectivity index (χ0) is 18.0. The molecule has 0 aliphatic carbocycles. The number of rotatable bonds is 5. The molecular weight excluding hydrogens is 340 g/mol. The van der Waals surface area contributed by atoms with Crippen molar-refractivity contribution in [3.05, 3.63) is 40.9 Å². The largest absolute Gasteiger partial charge is 0.479 e. The van der Waals surface area contributed by atoms with Crippen molar-refractivity contribution in [1.82, 2.24) is 10.3 Å². The summed E-state index contributed by atoms with van der Waals surface area (Å²) >= 11 is 1.36. The molecule has 0 saturated carbocycles. The highest BCUT2D eigenvalue weighted by molar-refractivity contribution is 7.13. The molecule has 1 aliphatic rings. The van der Waals surface area contributed by atoms with Crippen LogP contribution in [-0.4, -0.2) is 40.7 Å².